The van der Waals surface area contributed by atoms with Crippen LogP contribution in [-0.4, -0.2) is 25.5 Å². The Labute approximate surface area is 155 Å². The van der Waals surface area contributed by atoms with Gasteiger partial charge in [0.25, 0.3) is 5.91 Å². The first-order chi connectivity index (χ1) is 13.0. The molecule has 0 heterocycles. The fourth-order valence-corrected chi connectivity index (χ4v) is 2.79. The molecule has 0 aliphatic heterocycles. The van der Waals surface area contributed by atoms with Crippen molar-refractivity contribution < 1.29 is 23.1 Å². The van der Waals surface area contributed by atoms with Crippen LogP contribution in [-0.2, 0) is 11.3 Å². The number of anilines is 1. The third-order valence-corrected chi connectivity index (χ3v) is 4.34. The summed E-state index contributed by atoms with van der Waals surface area (Å²) in [4.78, 5) is 26.4. The highest BCUT2D eigenvalue weighted by Crippen LogP contribution is 2.33. The lowest BCUT2D eigenvalue weighted by molar-refractivity contribution is -0.119. The number of alkyl halides is 2. The first kappa shape index (κ1) is 18.8. The Morgan fingerprint density at radius 2 is 1.93 bits per heavy atom. The Balaban J connectivity index is 1.69. The SMILES string of the molecule is CN(C(=O)C1CC1)c1ccccc1C(=O)NCc1cccc(OC(F)F)c1. The van der Waals surface area contributed by atoms with Gasteiger partial charge in [-0.2, -0.15) is 8.78 Å². The summed E-state index contributed by atoms with van der Waals surface area (Å²) in [5.74, 6) is -0.260. The molecule has 2 amide bonds. The predicted octanol–water partition coefficient (Wildman–Crippen LogP) is 3.59. The monoisotopic (exact) mass is 374 g/mol. The zero-order valence-electron chi connectivity index (χ0n) is 14.8. The van der Waals surface area contributed by atoms with Gasteiger partial charge in [0.15, 0.2) is 0 Å². The van der Waals surface area contributed by atoms with Crippen molar-refractivity contribution in [1.29, 1.82) is 0 Å². The second kappa shape index (κ2) is 8.16. The van der Waals surface area contributed by atoms with Gasteiger partial charge in [-0.05, 0) is 42.7 Å². The molecule has 27 heavy (non-hydrogen) atoms. The molecular formula is C20H20F2N2O3. The number of hydrogen-bond acceptors (Lipinski definition) is 3. The zero-order valence-corrected chi connectivity index (χ0v) is 14.8. The summed E-state index contributed by atoms with van der Waals surface area (Å²) < 4.78 is 29.0. The fourth-order valence-electron chi connectivity index (χ4n) is 2.79. The van der Waals surface area contributed by atoms with Gasteiger partial charge < -0.3 is 15.0 Å². The Morgan fingerprint density at radius 3 is 2.63 bits per heavy atom. The van der Waals surface area contributed by atoms with Gasteiger partial charge in [0.05, 0.1) is 11.3 Å². The van der Waals surface area contributed by atoms with Crippen LogP contribution in [0.2, 0.25) is 0 Å². The van der Waals surface area contributed by atoms with Crippen LogP contribution in [0.4, 0.5) is 14.5 Å². The van der Waals surface area contributed by atoms with E-state index in [1.165, 1.54) is 17.0 Å². The second-order valence-corrected chi connectivity index (χ2v) is 6.40. The van der Waals surface area contributed by atoms with Gasteiger partial charge in [0, 0.05) is 19.5 Å². The smallest absolute Gasteiger partial charge is 0.387 e. The van der Waals surface area contributed by atoms with E-state index in [-0.39, 0.29) is 30.0 Å². The molecule has 0 bridgehead atoms. The minimum absolute atomic E-state index is 0.00657. The molecule has 0 saturated heterocycles. The van der Waals surface area contributed by atoms with Crippen LogP contribution in [0, 0.1) is 5.92 Å². The number of benzene rings is 2. The Kier molecular flexibility index (Phi) is 5.69. The molecule has 142 valence electrons. The molecule has 1 saturated carbocycles. The van der Waals surface area contributed by atoms with Crippen molar-refractivity contribution >= 4 is 17.5 Å². The molecule has 1 N–H and O–H groups in total. The van der Waals surface area contributed by atoms with Gasteiger partial charge in [0.1, 0.15) is 5.75 Å². The van der Waals surface area contributed by atoms with Crippen LogP contribution in [0.25, 0.3) is 0 Å². The van der Waals surface area contributed by atoms with Gasteiger partial charge in [-0.1, -0.05) is 24.3 Å². The Hall–Kier alpha value is -2.96. The van der Waals surface area contributed by atoms with Crippen molar-refractivity contribution in [2.24, 2.45) is 5.92 Å². The molecule has 0 atom stereocenters. The quantitative estimate of drug-likeness (QED) is 0.806. The van der Waals surface area contributed by atoms with Gasteiger partial charge in [-0.3, -0.25) is 9.59 Å². The number of nitrogens with zero attached hydrogens (tertiary/aromatic N) is 1. The molecule has 1 aliphatic rings. The highest BCUT2D eigenvalue weighted by atomic mass is 19.3. The summed E-state index contributed by atoms with van der Waals surface area (Å²) in [7, 11) is 1.66. The van der Waals surface area contributed by atoms with Crippen LogP contribution in [0.1, 0.15) is 28.8 Å². The first-order valence-corrected chi connectivity index (χ1v) is 8.64. The normalized spacial score (nSPS) is 13.3. The largest absolute Gasteiger partial charge is 0.435 e. The van der Waals surface area contributed by atoms with E-state index in [0.29, 0.717) is 16.8 Å². The van der Waals surface area contributed by atoms with Crippen molar-refractivity contribution in [3.63, 3.8) is 0 Å². The van der Waals surface area contributed by atoms with Crippen molar-refractivity contribution in [3.05, 3.63) is 59.7 Å². The molecule has 0 radical (unpaired) electrons. The highest BCUT2D eigenvalue weighted by molar-refractivity contribution is 6.05. The summed E-state index contributed by atoms with van der Waals surface area (Å²) in [5.41, 5.74) is 1.55. The molecule has 1 aliphatic carbocycles. The number of halogens is 2. The highest BCUT2D eigenvalue weighted by Gasteiger charge is 2.33. The van der Waals surface area contributed by atoms with E-state index in [1.807, 2.05) is 0 Å². The molecule has 7 heteroatoms. The van der Waals surface area contributed by atoms with E-state index in [4.69, 9.17) is 0 Å². The van der Waals surface area contributed by atoms with Crippen LogP contribution >= 0.6 is 0 Å². The molecule has 0 spiro atoms. The van der Waals surface area contributed by atoms with Gasteiger partial charge in [-0.25, -0.2) is 0 Å². The van der Waals surface area contributed by atoms with E-state index < -0.39 is 6.61 Å². The number of amides is 2. The minimum atomic E-state index is -2.90. The Bertz CT molecular complexity index is 837. The maximum atomic E-state index is 12.6. The lowest BCUT2D eigenvalue weighted by atomic mass is 10.1. The molecule has 5 nitrogen and oxygen atoms in total. The van der Waals surface area contributed by atoms with Crippen LogP contribution in [0.3, 0.4) is 0 Å². The maximum absolute atomic E-state index is 12.6. The van der Waals surface area contributed by atoms with Crippen LogP contribution < -0.4 is 15.0 Å². The fraction of sp³-hybridized carbons (Fsp3) is 0.300. The molecule has 0 aromatic heterocycles. The molecule has 3 rings (SSSR count). The average Bonchev–Trinajstić information content (AvgIpc) is 3.50. The second-order valence-electron chi connectivity index (χ2n) is 6.40. The third kappa shape index (κ3) is 4.81. The minimum Gasteiger partial charge on any atom is -0.435 e. The van der Waals surface area contributed by atoms with Gasteiger partial charge in [0.2, 0.25) is 5.91 Å². The van der Waals surface area contributed by atoms with E-state index in [9.17, 15) is 18.4 Å². The van der Waals surface area contributed by atoms with Crippen molar-refractivity contribution in [2.45, 2.75) is 26.0 Å². The van der Waals surface area contributed by atoms with Crippen molar-refractivity contribution in [1.82, 2.24) is 5.32 Å². The number of carbonyl (C=O) groups is 2. The first-order valence-electron chi connectivity index (χ1n) is 8.64. The standard InChI is InChI=1S/C20H20F2N2O3/c1-24(19(26)14-9-10-14)17-8-3-2-7-16(17)18(25)23-12-13-5-4-6-15(11-13)27-20(21)22/h2-8,11,14,20H,9-10,12H2,1H3,(H,23,25). The third-order valence-electron chi connectivity index (χ3n) is 4.34. The predicted molar refractivity (Wildman–Crippen MR) is 96.8 cm³/mol. The number of hydrogen-bond donors (Lipinski definition) is 1. The Morgan fingerprint density at radius 1 is 1.19 bits per heavy atom. The number of nitrogens with one attached hydrogen (secondary N) is 1. The van der Waals surface area contributed by atoms with Crippen molar-refractivity contribution in [3.8, 4) is 5.75 Å². The number of para-hydroxylation sites is 1. The number of carbonyl (C=O) groups excluding carboxylic acids is 2. The van der Waals surface area contributed by atoms with Gasteiger partial charge in [-0.15, -0.1) is 0 Å². The van der Waals surface area contributed by atoms with E-state index in [0.717, 1.165) is 12.8 Å². The van der Waals surface area contributed by atoms with E-state index in [2.05, 4.69) is 10.1 Å². The van der Waals surface area contributed by atoms with Gasteiger partial charge >= 0.3 is 6.61 Å². The lowest BCUT2D eigenvalue weighted by Gasteiger charge is -2.20. The topological polar surface area (TPSA) is 58.6 Å². The number of ether oxygens (including phenoxy) is 1. The molecule has 2 aromatic carbocycles. The molecule has 1 fully saturated rings. The zero-order chi connectivity index (χ0) is 19.4. The maximum Gasteiger partial charge on any atom is 0.387 e. The summed E-state index contributed by atoms with van der Waals surface area (Å²) in [6, 6.07) is 13.0. The summed E-state index contributed by atoms with van der Waals surface area (Å²) in [6.07, 6.45) is 1.77. The van der Waals surface area contributed by atoms with Crippen LogP contribution in [0.5, 0.6) is 5.75 Å². The number of rotatable bonds is 7. The van der Waals surface area contributed by atoms with E-state index in [1.54, 1.807) is 43.4 Å². The van der Waals surface area contributed by atoms with E-state index >= 15 is 0 Å². The molecule has 2 aromatic rings. The summed E-state index contributed by atoms with van der Waals surface area (Å²) in [6.45, 7) is -2.75. The lowest BCUT2D eigenvalue weighted by Crippen LogP contribution is -2.31. The molecular weight excluding hydrogens is 354 g/mol. The van der Waals surface area contributed by atoms with Crippen LogP contribution in [0.15, 0.2) is 48.5 Å². The summed E-state index contributed by atoms with van der Waals surface area (Å²) >= 11 is 0. The summed E-state index contributed by atoms with van der Waals surface area (Å²) in [5, 5.41) is 2.75. The van der Waals surface area contributed by atoms with Crippen molar-refractivity contribution in [2.75, 3.05) is 11.9 Å². The average molecular weight is 374 g/mol. The molecule has 0 unspecified atom stereocenters.